The summed E-state index contributed by atoms with van der Waals surface area (Å²) < 4.78 is 67.4. The molecule has 0 bridgehead atoms. The highest BCUT2D eigenvalue weighted by molar-refractivity contribution is 5.59. The molecule has 0 saturated heterocycles. The van der Waals surface area contributed by atoms with Crippen molar-refractivity contribution in [2.75, 3.05) is 13.7 Å². The number of hydrogen-bond donors (Lipinski definition) is 0. The summed E-state index contributed by atoms with van der Waals surface area (Å²) in [7, 11) is 0.993. The molecule has 3 nitrogen and oxygen atoms in total. The molecule has 0 aliphatic rings. The molecule has 0 fully saturated rings. The van der Waals surface area contributed by atoms with Gasteiger partial charge >= 0.3 is 18.3 Å². The summed E-state index contributed by atoms with van der Waals surface area (Å²) in [5.41, 5.74) is 0. The Morgan fingerprint density at radius 3 is 2.13 bits per heavy atom. The normalized spacial score (nSPS) is 12.4. The molecule has 0 heterocycles. The van der Waals surface area contributed by atoms with E-state index in [-0.39, 0.29) is 0 Å². The lowest BCUT2D eigenvalue weighted by Crippen LogP contribution is -2.36. The van der Waals surface area contributed by atoms with Crippen molar-refractivity contribution in [3.05, 3.63) is 0 Å². The van der Waals surface area contributed by atoms with E-state index in [2.05, 4.69) is 9.47 Å². The standard InChI is InChI=1S/C7H9F5O3/c1-14-5(13)15-4-2-3-6(8,9)7(10,11)12/h2-4H2,1H3. The Bertz CT molecular complexity index is 213. The van der Waals surface area contributed by atoms with Crippen LogP contribution in [0.25, 0.3) is 0 Å². The van der Waals surface area contributed by atoms with E-state index < -0.39 is 37.7 Å². The van der Waals surface area contributed by atoms with Crippen LogP contribution in [0.1, 0.15) is 12.8 Å². The van der Waals surface area contributed by atoms with Crippen molar-refractivity contribution < 1.29 is 36.2 Å². The molecule has 8 heteroatoms. The maximum atomic E-state index is 12.2. The molecule has 0 saturated carbocycles. The fraction of sp³-hybridized carbons (Fsp3) is 0.857. The topological polar surface area (TPSA) is 35.5 Å². The number of hydrogen-bond acceptors (Lipinski definition) is 3. The SMILES string of the molecule is COC(=O)OCCCC(F)(F)C(F)(F)F. The third-order valence-corrected chi connectivity index (χ3v) is 1.44. The molecule has 0 aliphatic heterocycles. The maximum absolute atomic E-state index is 12.2. The lowest BCUT2D eigenvalue weighted by atomic mass is 10.2. The van der Waals surface area contributed by atoms with Crippen molar-refractivity contribution in [3.63, 3.8) is 0 Å². The van der Waals surface area contributed by atoms with Gasteiger partial charge in [0, 0.05) is 6.42 Å². The van der Waals surface area contributed by atoms with Gasteiger partial charge in [0.2, 0.25) is 0 Å². The molecule has 0 aromatic rings. The Morgan fingerprint density at radius 1 is 1.20 bits per heavy atom. The predicted molar refractivity (Wildman–Crippen MR) is 38.6 cm³/mol. The van der Waals surface area contributed by atoms with Crippen LogP contribution >= 0.6 is 0 Å². The molecule has 0 aromatic heterocycles. The van der Waals surface area contributed by atoms with Gasteiger partial charge in [-0.2, -0.15) is 22.0 Å². The number of rotatable bonds is 4. The molecule has 0 rings (SSSR count). The fourth-order valence-corrected chi connectivity index (χ4v) is 0.650. The molecule has 0 N–H and O–H groups in total. The van der Waals surface area contributed by atoms with E-state index in [9.17, 15) is 26.7 Å². The Kier molecular flexibility index (Phi) is 4.76. The molecule has 90 valence electrons. The minimum Gasteiger partial charge on any atom is -0.438 e. The van der Waals surface area contributed by atoms with E-state index in [1.165, 1.54) is 0 Å². The first-order chi connectivity index (χ1) is 6.70. The highest BCUT2D eigenvalue weighted by Gasteiger charge is 2.56. The summed E-state index contributed by atoms with van der Waals surface area (Å²) in [4.78, 5) is 10.3. The first-order valence-corrected chi connectivity index (χ1v) is 3.86. The number of carbonyl (C=O) groups excluding carboxylic acids is 1. The number of methoxy groups -OCH3 is 1. The van der Waals surface area contributed by atoms with Gasteiger partial charge in [0.05, 0.1) is 13.7 Å². The minimum absolute atomic E-state index is 0.543. The maximum Gasteiger partial charge on any atom is 0.507 e. The molecule has 15 heavy (non-hydrogen) atoms. The third kappa shape index (κ3) is 4.80. The highest BCUT2D eigenvalue weighted by atomic mass is 19.4. The highest BCUT2D eigenvalue weighted by Crippen LogP contribution is 2.38. The van der Waals surface area contributed by atoms with Gasteiger partial charge in [-0.25, -0.2) is 4.79 Å². The van der Waals surface area contributed by atoms with Crippen molar-refractivity contribution >= 4 is 6.16 Å². The van der Waals surface area contributed by atoms with Gasteiger partial charge in [0.1, 0.15) is 0 Å². The Labute approximate surface area is 82.1 Å². The van der Waals surface area contributed by atoms with Gasteiger partial charge < -0.3 is 9.47 Å². The summed E-state index contributed by atoms with van der Waals surface area (Å²) in [6.07, 6.45) is -8.71. The van der Waals surface area contributed by atoms with E-state index in [1.807, 2.05) is 0 Å². The van der Waals surface area contributed by atoms with E-state index >= 15 is 0 Å². The van der Waals surface area contributed by atoms with Crippen LogP contribution in [0.2, 0.25) is 0 Å². The zero-order valence-corrected chi connectivity index (χ0v) is 7.74. The van der Waals surface area contributed by atoms with Crippen LogP contribution in [0, 0.1) is 0 Å². The second-order valence-electron chi connectivity index (χ2n) is 2.61. The third-order valence-electron chi connectivity index (χ3n) is 1.44. The van der Waals surface area contributed by atoms with Crippen LogP contribution in [0.3, 0.4) is 0 Å². The molecule has 0 amide bonds. The van der Waals surface area contributed by atoms with Gasteiger partial charge in [0.25, 0.3) is 0 Å². The summed E-state index contributed by atoms with van der Waals surface area (Å²) in [6.45, 7) is -0.543. The van der Waals surface area contributed by atoms with Crippen LogP contribution < -0.4 is 0 Å². The zero-order valence-electron chi connectivity index (χ0n) is 7.74. The first kappa shape index (κ1) is 13.9. The van der Waals surface area contributed by atoms with E-state index in [0.717, 1.165) is 7.11 Å². The average Bonchev–Trinajstić information content (AvgIpc) is 2.10. The number of carbonyl (C=O) groups is 1. The van der Waals surface area contributed by atoms with Crippen molar-refractivity contribution in [1.82, 2.24) is 0 Å². The summed E-state index contributed by atoms with van der Waals surface area (Å²) >= 11 is 0. The minimum atomic E-state index is -5.57. The van der Waals surface area contributed by atoms with Crippen molar-refractivity contribution in [3.8, 4) is 0 Å². The smallest absolute Gasteiger partial charge is 0.438 e. The first-order valence-electron chi connectivity index (χ1n) is 3.86. The monoisotopic (exact) mass is 236 g/mol. The van der Waals surface area contributed by atoms with E-state index in [1.54, 1.807) is 0 Å². The van der Waals surface area contributed by atoms with E-state index in [0.29, 0.717) is 0 Å². The second kappa shape index (κ2) is 5.13. The second-order valence-corrected chi connectivity index (χ2v) is 2.61. The largest absolute Gasteiger partial charge is 0.507 e. The quantitative estimate of drug-likeness (QED) is 0.427. The van der Waals surface area contributed by atoms with Gasteiger partial charge in [-0.1, -0.05) is 0 Å². The molecule has 0 aliphatic carbocycles. The lowest BCUT2D eigenvalue weighted by Gasteiger charge is -2.18. The van der Waals surface area contributed by atoms with Gasteiger partial charge in [-0.15, -0.1) is 0 Å². The number of ether oxygens (including phenoxy) is 2. The zero-order chi connectivity index (χ0) is 12.1. The molecule has 0 aromatic carbocycles. The lowest BCUT2D eigenvalue weighted by molar-refractivity contribution is -0.284. The van der Waals surface area contributed by atoms with Crippen molar-refractivity contribution in [2.24, 2.45) is 0 Å². The Morgan fingerprint density at radius 2 is 1.73 bits per heavy atom. The van der Waals surface area contributed by atoms with Crippen LogP contribution in [-0.4, -0.2) is 32.0 Å². The average molecular weight is 236 g/mol. The Balaban J connectivity index is 3.82. The van der Waals surface area contributed by atoms with Crippen molar-refractivity contribution in [2.45, 2.75) is 24.9 Å². The molecule has 0 unspecified atom stereocenters. The molecule has 0 spiro atoms. The Hall–Kier alpha value is -1.08. The number of halogens is 5. The van der Waals surface area contributed by atoms with Crippen LogP contribution in [0.15, 0.2) is 0 Å². The van der Waals surface area contributed by atoms with Crippen molar-refractivity contribution in [1.29, 1.82) is 0 Å². The molecule has 0 atom stereocenters. The summed E-state index contributed by atoms with van der Waals surface area (Å²) in [6, 6.07) is 0. The van der Waals surface area contributed by atoms with Crippen LogP contribution in [0.5, 0.6) is 0 Å². The van der Waals surface area contributed by atoms with Gasteiger partial charge in [0.15, 0.2) is 0 Å². The molecular formula is C7H9F5O3. The molecular weight excluding hydrogens is 227 g/mol. The summed E-state index contributed by atoms with van der Waals surface area (Å²) in [5.74, 6) is -4.76. The predicted octanol–water partition coefficient (Wildman–Crippen LogP) is 2.75. The van der Waals surface area contributed by atoms with Gasteiger partial charge in [-0.3, -0.25) is 0 Å². The number of alkyl halides is 5. The molecule has 0 radical (unpaired) electrons. The fourth-order valence-electron chi connectivity index (χ4n) is 0.650. The van der Waals surface area contributed by atoms with Gasteiger partial charge in [-0.05, 0) is 6.42 Å². The van der Waals surface area contributed by atoms with Crippen LogP contribution in [-0.2, 0) is 9.47 Å². The van der Waals surface area contributed by atoms with E-state index in [4.69, 9.17) is 0 Å². The van der Waals surface area contributed by atoms with Crippen LogP contribution in [0.4, 0.5) is 26.7 Å². The summed E-state index contributed by atoms with van der Waals surface area (Å²) in [5, 5.41) is 0.